The fourth-order valence-corrected chi connectivity index (χ4v) is 9.44. The highest BCUT2D eigenvalue weighted by atomic mass is 32.2. The zero-order valence-electron chi connectivity index (χ0n) is 29.6. The normalized spacial score (nSPS) is 18.4. The Morgan fingerprint density at radius 1 is 0.904 bits per heavy atom. The molecule has 2 aliphatic heterocycles. The average Bonchev–Trinajstić information content (AvgIpc) is 3.59. The second-order valence-corrected chi connectivity index (χ2v) is 16.6. The molecule has 0 aliphatic carbocycles. The summed E-state index contributed by atoms with van der Waals surface area (Å²) < 4.78 is 43.4. The minimum Gasteiger partial charge on any atom is -0.371 e. The van der Waals surface area contributed by atoms with Crippen LogP contribution in [0.15, 0.2) is 85.1 Å². The SMILES string of the molecule is CCCS(=O)(=O)Nc1cccc(-c2nc(-c3ccc(N4CCN(CC5CCN(c6ccccc6)CC5C)CC4)cc3)sc2-c2ccnc(N)n2)c1F. The van der Waals surface area contributed by atoms with E-state index in [0.29, 0.717) is 39.5 Å². The molecule has 3 aromatic carbocycles. The lowest BCUT2D eigenvalue weighted by molar-refractivity contribution is 0.170. The Morgan fingerprint density at radius 2 is 1.65 bits per heavy atom. The topological polar surface area (TPSA) is 121 Å². The summed E-state index contributed by atoms with van der Waals surface area (Å²) in [7, 11) is -3.70. The molecule has 0 spiro atoms. The van der Waals surface area contributed by atoms with Crippen molar-refractivity contribution >= 4 is 44.4 Å². The van der Waals surface area contributed by atoms with Gasteiger partial charge in [-0.05, 0) is 79.3 Å². The Hall–Kier alpha value is -4.59. The third-order valence-corrected chi connectivity index (χ3v) is 12.7. The van der Waals surface area contributed by atoms with Crippen molar-refractivity contribution in [1.82, 2.24) is 19.9 Å². The second kappa shape index (κ2) is 15.6. The number of piperidine rings is 1. The molecule has 2 aromatic heterocycles. The molecule has 5 aromatic rings. The highest BCUT2D eigenvalue weighted by molar-refractivity contribution is 7.92. The molecule has 13 heteroatoms. The quantitative estimate of drug-likeness (QED) is 0.146. The Balaban J connectivity index is 1.05. The molecule has 0 amide bonds. The molecule has 2 atom stereocenters. The Labute approximate surface area is 309 Å². The van der Waals surface area contributed by atoms with E-state index in [0.717, 1.165) is 57.1 Å². The summed E-state index contributed by atoms with van der Waals surface area (Å²) in [4.78, 5) is 21.5. The van der Waals surface area contributed by atoms with Crippen LogP contribution in [-0.2, 0) is 10.0 Å². The van der Waals surface area contributed by atoms with Crippen LogP contribution in [0.3, 0.4) is 0 Å². The van der Waals surface area contributed by atoms with Gasteiger partial charge in [-0.3, -0.25) is 9.62 Å². The number of halogens is 1. The van der Waals surface area contributed by atoms with Crippen LogP contribution in [0.5, 0.6) is 0 Å². The van der Waals surface area contributed by atoms with Gasteiger partial charge in [-0.1, -0.05) is 38.1 Å². The molecule has 272 valence electrons. The van der Waals surface area contributed by atoms with Crippen molar-refractivity contribution in [2.24, 2.45) is 11.8 Å². The predicted octanol–water partition coefficient (Wildman–Crippen LogP) is 7.09. The zero-order chi connectivity index (χ0) is 36.2. The minimum absolute atomic E-state index is 0.0901. The molecule has 2 fully saturated rings. The van der Waals surface area contributed by atoms with Crippen LogP contribution in [0, 0.1) is 17.7 Å². The van der Waals surface area contributed by atoms with Crippen LogP contribution in [0.2, 0.25) is 0 Å². The fraction of sp³-hybridized carbons (Fsp3) is 0.359. The number of para-hydroxylation sites is 1. The van der Waals surface area contributed by atoms with Gasteiger partial charge in [0.05, 0.1) is 27.7 Å². The van der Waals surface area contributed by atoms with E-state index in [9.17, 15) is 8.42 Å². The molecular weight excluding hydrogens is 696 g/mol. The number of sulfonamides is 1. The molecule has 2 saturated heterocycles. The summed E-state index contributed by atoms with van der Waals surface area (Å²) in [6.45, 7) is 11.5. The third kappa shape index (κ3) is 8.06. The first-order valence-corrected chi connectivity index (χ1v) is 20.4. The van der Waals surface area contributed by atoms with E-state index in [-0.39, 0.29) is 23.0 Å². The molecule has 2 aliphatic rings. The van der Waals surface area contributed by atoms with E-state index in [1.165, 1.54) is 29.5 Å². The minimum atomic E-state index is -3.70. The molecule has 52 heavy (non-hydrogen) atoms. The lowest BCUT2D eigenvalue weighted by Gasteiger charge is -2.42. The van der Waals surface area contributed by atoms with Crippen molar-refractivity contribution in [2.45, 2.75) is 26.7 Å². The maximum Gasteiger partial charge on any atom is 0.232 e. The Bertz CT molecular complexity index is 2090. The number of nitrogens with two attached hydrogens (primary N) is 1. The van der Waals surface area contributed by atoms with Crippen molar-refractivity contribution in [3.05, 3.63) is 90.9 Å². The molecule has 0 saturated carbocycles. The number of nitrogen functional groups attached to an aromatic ring is 1. The summed E-state index contributed by atoms with van der Waals surface area (Å²) >= 11 is 1.38. The first kappa shape index (κ1) is 35.8. The molecule has 0 bridgehead atoms. The van der Waals surface area contributed by atoms with Gasteiger partial charge < -0.3 is 15.5 Å². The lowest BCUT2D eigenvalue weighted by atomic mass is 9.86. The van der Waals surface area contributed by atoms with Crippen LogP contribution < -0.4 is 20.3 Å². The van der Waals surface area contributed by atoms with Gasteiger partial charge in [0.15, 0.2) is 5.82 Å². The Morgan fingerprint density at radius 3 is 2.37 bits per heavy atom. The van der Waals surface area contributed by atoms with Crippen molar-refractivity contribution in [3.63, 3.8) is 0 Å². The average molecular weight is 741 g/mol. The van der Waals surface area contributed by atoms with Crippen molar-refractivity contribution in [3.8, 4) is 32.4 Å². The second-order valence-electron chi connectivity index (χ2n) is 13.7. The number of nitrogens with one attached hydrogen (secondary N) is 1. The van der Waals surface area contributed by atoms with Gasteiger partial charge in [0.2, 0.25) is 16.0 Å². The van der Waals surface area contributed by atoms with Crippen LogP contribution in [0.25, 0.3) is 32.4 Å². The Kier molecular flexibility index (Phi) is 10.7. The molecule has 3 N–H and O–H groups in total. The van der Waals surface area contributed by atoms with Gasteiger partial charge in [0.25, 0.3) is 0 Å². The van der Waals surface area contributed by atoms with Crippen LogP contribution in [-0.4, -0.2) is 79.8 Å². The molecule has 0 radical (unpaired) electrons. The summed E-state index contributed by atoms with van der Waals surface area (Å²) in [5.74, 6) is 0.635. The summed E-state index contributed by atoms with van der Waals surface area (Å²) in [6, 6.07) is 25.4. The monoisotopic (exact) mass is 740 g/mol. The zero-order valence-corrected chi connectivity index (χ0v) is 31.2. The molecule has 10 nitrogen and oxygen atoms in total. The first-order chi connectivity index (χ1) is 25.2. The van der Waals surface area contributed by atoms with Crippen LogP contribution in [0.4, 0.5) is 27.4 Å². The van der Waals surface area contributed by atoms with Crippen LogP contribution in [0.1, 0.15) is 26.7 Å². The van der Waals surface area contributed by atoms with Gasteiger partial charge in [0.1, 0.15) is 5.01 Å². The number of nitrogens with zero attached hydrogens (tertiary/aromatic N) is 6. The summed E-state index contributed by atoms with van der Waals surface area (Å²) in [5.41, 5.74) is 10.2. The number of hydrogen-bond acceptors (Lipinski definition) is 10. The van der Waals surface area contributed by atoms with E-state index in [1.54, 1.807) is 31.3 Å². The number of anilines is 4. The van der Waals surface area contributed by atoms with Crippen molar-refractivity contribution in [1.29, 1.82) is 0 Å². The largest absolute Gasteiger partial charge is 0.371 e. The summed E-state index contributed by atoms with van der Waals surface area (Å²) in [5, 5.41) is 0.683. The van der Waals surface area contributed by atoms with Gasteiger partial charge in [-0.2, -0.15) is 0 Å². The van der Waals surface area contributed by atoms with Gasteiger partial charge in [0, 0.05) is 74.5 Å². The summed E-state index contributed by atoms with van der Waals surface area (Å²) in [6.07, 6.45) is 3.18. The number of hydrogen-bond donors (Lipinski definition) is 2. The molecular formula is C39H45FN8O2S2. The number of piperazine rings is 1. The van der Waals surface area contributed by atoms with Crippen LogP contribution >= 0.6 is 11.3 Å². The maximum absolute atomic E-state index is 16.0. The van der Waals surface area contributed by atoms with E-state index >= 15 is 4.39 Å². The van der Waals surface area contributed by atoms with Gasteiger partial charge in [-0.15, -0.1) is 11.3 Å². The van der Waals surface area contributed by atoms with E-state index in [2.05, 4.69) is 90.9 Å². The lowest BCUT2D eigenvalue weighted by Crippen LogP contribution is -2.50. The number of benzene rings is 3. The van der Waals surface area contributed by atoms with E-state index in [4.69, 9.17) is 10.7 Å². The van der Waals surface area contributed by atoms with E-state index < -0.39 is 15.8 Å². The smallest absolute Gasteiger partial charge is 0.232 e. The predicted molar refractivity (Wildman–Crippen MR) is 211 cm³/mol. The van der Waals surface area contributed by atoms with E-state index in [1.807, 2.05) is 0 Å². The highest BCUT2D eigenvalue weighted by Crippen LogP contribution is 2.42. The third-order valence-electron chi connectivity index (χ3n) is 10.1. The first-order valence-electron chi connectivity index (χ1n) is 17.9. The number of rotatable bonds is 11. The van der Waals surface area contributed by atoms with Gasteiger partial charge >= 0.3 is 0 Å². The highest BCUT2D eigenvalue weighted by Gasteiger charge is 2.29. The van der Waals surface area contributed by atoms with Crippen molar-refractivity contribution in [2.75, 3.05) is 71.8 Å². The standard InChI is InChI=1S/C39H45FN8O2S2/c1-3-24-52(49,50)45-33-11-7-10-32(35(33)40)36-37(34-16-18-42-39(41)43-34)51-38(44-36)28-12-14-31(15-13-28)47-22-20-46(21-23-47)26-29-17-19-48(25-27(29)2)30-8-5-4-6-9-30/h4-16,18,27,29,45H,3,17,19-26H2,1-2H3,(H2,41,42,43). The maximum atomic E-state index is 16.0. The molecule has 4 heterocycles. The van der Waals surface area contributed by atoms with Crippen molar-refractivity contribution < 1.29 is 12.8 Å². The number of thiazole rings is 1. The number of aromatic nitrogens is 3. The fourth-order valence-electron chi connectivity index (χ4n) is 7.25. The van der Waals surface area contributed by atoms with Gasteiger partial charge in [-0.25, -0.2) is 27.8 Å². The molecule has 2 unspecified atom stereocenters. The molecule has 7 rings (SSSR count).